The lowest BCUT2D eigenvalue weighted by molar-refractivity contribution is 0.592. The Morgan fingerprint density at radius 1 is 0.271 bits per heavy atom. The van der Waals surface area contributed by atoms with Crippen molar-refractivity contribution >= 4 is 145 Å². The fraction of sp³-hybridized carbons (Fsp3) is 0.0427. The summed E-state index contributed by atoms with van der Waals surface area (Å²) in [5.41, 5.74) is 22.2. The minimum absolute atomic E-state index is 0.166. The predicted octanol–water partition coefficient (Wildman–Crippen LogP) is 26.0. The Balaban J connectivity index is 0.000000102. The molecule has 0 radical (unpaired) electrons. The number of aromatic nitrogens is 11. The van der Waals surface area contributed by atoms with Crippen molar-refractivity contribution in [3.63, 3.8) is 0 Å². The summed E-state index contributed by atoms with van der Waals surface area (Å²) in [5.74, 6) is 3.74. The van der Waals surface area contributed by atoms with Crippen molar-refractivity contribution in [3.8, 4) is 89.8 Å². The van der Waals surface area contributed by atoms with Crippen molar-refractivity contribution in [3.05, 3.63) is 416 Å². The third-order valence-electron chi connectivity index (χ3n) is 26.8. The molecule has 0 N–H and O–H groups in total. The molecule has 674 valence electrons. The number of nitrogens with zero attached hydrogens (tertiary/aromatic N) is 11. The van der Waals surface area contributed by atoms with Crippen molar-refractivity contribution in [1.29, 1.82) is 0 Å². The predicted molar refractivity (Wildman–Crippen MR) is 554 cm³/mol. The van der Waals surface area contributed by atoms with E-state index < -0.39 is 45.4 Å². The van der Waals surface area contributed by atoms with Crippen LogP contribution in [0.4, 0.5) is 0 Å². The van der Waals surface area contributed by atoms with E-state index in [-0.39, 0.29) is 49.3 Å². The number of fused-ring (bicyclic) bond motifs is 15. The molecule has 18 aromatic carbocycles. The second kappa shape index (κ2) is 32.4. The molecule has 0 aliphatic carbocycles. The van der Waals surface area contributed by atoms with Gasteiger partial charge >= 0.3 is 0 Å². The van der Waals surface area contributed by atoms with Crippen LogP contribution in [0.5, 0.6) is 0 Å². The van der Waals surface area contributed by atoms with Crippen LogP contribution in [0.3, 0.4) is 0 Å². The van der Waals surface area contributed by atoms with Crippen molar-refractivity contribution in [2.75, 3.05) is 0 Å². The molecule has 0 fully saturated rings. The summed E-state index contributed by atoms with van der Waals surface area (Å²) in [7, 11) is -14.8. The van der Waals surface area contributed by atoms with Gasteiger partial charge in [-0.25, -0.2) is 63.6 Å². The first-order valence-corrected chi connectivity index (χ1v) is 51.4. The first kappa shape index (κ1) is 79.3. The van der Waals surface area contributed by atoms with Crippen molar-refractivity contribution < 1.29 is 40.5 Å². The molecule has 0 atom stereocenters. The fourth-order valence-corrected chi connectivity index (χ4v) is 27.1. The highest BCUT2D eigenvalue weighted by Gasteiger charge is 2.39. The molecule has 0 saturated carbocycles. The first-order valence-electron chi connectivity index (χ1n) is 47.9. The molecule has 19 nitrogen and oxygen atoms in total. The largest absolute Gasteiger partial charge is 0.294 e. The Kier molecular flexibility index (Phi) is 18.3. The Hall–Kier alpha value is -17.0. The molecule has 6 aromatic heterocycles. The quantitative estimate of drug-likeness (QED) is 0.0965. The van der Waals surface area contributed by atoms with Gasteiger partial charge in [0.25, 0.3) is 0 Å². The Morgan fingerprint density at radius 3 is 1.13 bits per heavy atom. The molecule has 23 heteroatoms. The third-order valence-corrected chi connectivity index (χ3v) is 34.0. The highest BCUT2D eigenvalue weighted by molar-refractivity contribution is 7.93. The number of para-hydroxylation sites is 7. The van der Waals surface area contributed by atoms with Crippen molar-refractivity contribution in [2.24, 2.45) is 0 Å². The minimum atomic E-state index is -3.76. The molecule has 0 saturated heterocycles. The summed E-state index contributed by atoms with van der Waals surface area (Å²) < 4.78 is 160. The Morgan fingerprint density at radius 2 is 0.629 bits per heavy atom. The number of imidazole rings is 5. The zero-order valence-electron chi connectivity index (χ0n) is 80.2. The van der Waals surface area contributed by atoms with Gasteiger partial charge in [0, 0.05) is 17.4 Å². The first-order chi connectivity index (χ1) is 70.2. The van der Waals surface area contributed by atoms with E-state index in [4.69, 9.17) is 21.8 Å². The lowest BCUT2D eigenvalue weighted by Crippen LogP contribution is -2.16. The number of sulfone groups is 4. The standard InChI is InChI=1S/C35H24N2O2S.C32H22N2O2S.C28H17N5O2S.C22H16N2O2S/c1-2-32-36-28-17-10-18-30-35(28)37(32)29-20-19-23(21-31(29)40(30,38)39)34-26-15-8-6-13-24(26)33(22-11-4-3-5-12-22)25-14-7-9-16-27(25)34;1-21-33-28-8-5-9-30-32(28)34(21)29-19-18-27(20-31(29)37(30,35)36)26-16-14-25(15-17-26)24-12-10-23(11-13-24)22-6-3-2-4-7-22;1-16-29-21-10-6-12-24-26(21)32(16)23-14-13-17(15-25(23)36(24,34)35)27-30-19-8-3-2-7-18(19)28-31-20-9-4-5-11-22(20)33(27)28;1-15-23-18-8-5-9-20-22(18)24(15)19-13-12-17(14-21(19)27(20,25)26)11-10-16-6-3-2-4-7-16/h3-21H,2H2,1H3;2-20H,1H3;2-15H,1H3;2-14H,1H3/b;;;11-10+/i;2D,3D,4D,6D,7D;;. The topological polar surface area (TPSA) is 238 Å². The Labute approximate surface area is 811 Å². The SMILES string of the molecule is CCc1nc2cccc3c2n1-c1ccc(-c2c4ccccc4c(-c4ccccc4)c4ccccc24)cc1S3(=O)=O.Cc1nc2cccc3c2n1-c1ccc(-c2nc4ccccc4c4nc5ccccc5n24)cc1S3(=O)=O.Cc1nc2cccc3c2n1-c1ccc(/C=C/c2ccccc2)cc1S3(=O)=O.[2H]c1c([2H])c([2H])c(-c2ccc(-c3ccc(-c4ccc5c(c4)S(=O)(=O)c4cccc6nc(C)n-5c46)cc3)cc2)c([2H])c1[2H]. The minimum Gasteiger partial charge on any atom is -0.294 e. The van der Waals surface area contributed by atoms with E-state index in [0.717, 1.165) is 122 Å². The summed E-state index contributed by atoms with van der Waals surface area (Å²) in [6.45, 7) is 7.71. The van der Waals surface area contributed by atoms with Gasteiger partial charge in [-0.15, -0.1) is 0 Å². The lowest BCUT2D eigenvalue weighted by atomic mass is 9.86. The maximum absolute atomic E-state index is 14.1. The number of hydrogen-bond acceptors (Lipinski definition) is 14. The normalized spacial score (nSPS) is 14.4. The molecule has 0 bridgehead atoms. The van der Waals surface area contributed by atoms with Crippen LogP contribution < -0.4 is 0 Å². The molecular formula is C117H79N11O8S4. The molecule has 4 aliphatic heterocycles. The molecule has 0 unspecified atom stereocenters. The number of benzene rings is 18. The molecule has 28 rings (SSSR count). The van der Waals surface area contributed by atoms with E-state index >= 15 is 0 Å². The third kappa shape index (κ3) is 13.3. The summed E-state index contributed by atoms with van der Waals surface area (Å²) in [6, 6.07) is 110. The van der Waals surface area contributed by atoms with E-state index in [1.807, 2.05) is 257 Å². The van der Waals surface area contributed by atoms with Crippen LogP contribution in [0.2, 0.25) is 0 Å². The fourth-order valence-electron chi connectivity index (χ4n) is 20.5. The highest BCUT2D eigenvalue weighted by atomic mass is 32.2. The zero-order chi connectivity index (χ0) is 99.3. The van der Waals surface area contributed by atoms with Gasteiger partial charge < -0.3 is 0 Å². The van der Waals surface area contributed by atoms with Gasteiger partial charge in [-0.2, -0.15) is 0 Å². The van der Waals surface area contributed by atoms with E-state index in [1.165, 1.54) is 5.56 Å². The molecule has 140 heavy (non-hydrogen) atoms. The van der Waals surface area contributed by atoms with Gasteiger partial charge in [0.1, 0.15) is 34.8 Å². The summed E-state index contributed by atoms with van der Waals surface area (Å²) in [4.78, 5) is 30.6. The van der Waals surface area contributed by atoms with E-state index in [9.17, 15) is 33.7 Å². The number of hydrogen-bond donors (Lipinski definition) is 0. The molecule has 24 aromatic rings. The van der Waals surface area contributed by atoms with Crippen molar-refractivity contribution in [2.45, 2.75) is 73.3 Å². The average molecular weight is 1900 g/mol. The maximum Gasteiger partial charge on any atom is 0.210 e. The van der Waals surface area contributed by atoms with E-state index in [0.29, 0.717) is 110 Å². The monoisotopic (exact) mass is 1900 g/mol. The molecule has 0 amide bonds. The molecular weight excluding hydrogens is 1820 g/mol. The summed E-state index contributed by atoms with van der Waals surface area (Å²) >= 11 is 0. The lowest BCUT2D eigenvalue weighted by Gasteiger charge is -2.23. The summed E-state index contributed by atoms with van der Waals surface area (Å²) in [6.07, 6.45) is 4.61. The van der Waals surface area contributed by atoms with Crippen LogP contribution in [0.25, 0.3) is 195 Å². The Bertz CT molecular complexity index is 10200. The number of aryl methyl sites for hydroxylation is 4. The highest BCUT2D eigenvalue weighted by Crippen LogP contribution is 2.50. The second-order valence-electron chi connectivity index (χ2n) is 34.8. The smallest absolute Gasteiger partial charge is 0.210 e. The second-order valence-corrected chi connectivity index (χ2v) is 42.3. The van der Waals surface area contributed by atoms with Gasteiger partial charge in [0.05, 0.1) is 129 Å². The van der Waals surface area contributed by atoms with Gasteiger partial charge in [-0.3, -0.25) is 22.7 Å². The van der Waals surface area contributed by atoms with Crippen LogP contribution in [0.15, 0.2) is 421 Å². The van der Waals surface area contributed by atoms with E-state index in [2.05, 4.69) is 93.8 Å². The van der Waals surface area contributed by atoms with Crippen LogP contribution >= 0.6 is 0 Å². The molecule has 4 aliphatic rings. The van der Waals surface area contributed by atoms with Gasteiger partial charge in [-0.1, -0.05) is 274 Å². The maximum atomic E-state index is 14.1. The summed E-state index contributed by atoms with van der Waals surface area (Å²) in [5, 5.41) is 5.39. The van der Waals surface area contributed by atoms with E-state index in [1.54, 1.807) is 78.9 Å². The van der Waals surface area contributed by atoms with Crippen LogP contribution in [0, 0.1) is 20.8 Å². The van der Waals surface area contributed by atoms with Crippen LogP contribution in [-0.4, -0.2) is 86.2 Å². The molecule has 0 spiro atoms. The van der Waals surface area contributed by atoms with Gasteiger partial charge in [-0.05, 0) is 236 Å². The van der Waals surface area contributed by atoms with Crippen LogP contribution in [0.1, 0.15) is 48.2 Å². The van der Waals surface area contributed by atoms with Gasteiger partial charge in [0.2, 0.25) is 39.3 Å². The van der Waals surface area contributed by atoms with Crippen LogP contribution in [-0.2, 0) is 45.8 Å². The zero-order valence-corrected chi connectivity index (χ0v) is 78.4. The van der Waals surface area contributed by atoms with Crippen molar-refractivity contribution in [1.82, 2.24) is 52.6 Å². The average Bonchev–Trinajstić information content (AvgIpc) is 1.65. The number of rotatable bonds is 9. The van der Waals surface area contributed by atoms with Gasteiger partial charge in [0.15, 0.2) is 0 Å². The molecule has 10 heterocycles.